The van der Waals surface area contributed by atoms with Gasteiger partial charge in [-0.1, -0.05) is 6.92 Å². The lowest BCUT2D eigenvalue weighted by Gasteiger charge is -2.31. The fraction of sp³-hybridized carbons (Fsp3) is 0.800. The van der Waals surface area contributed by atoms with Crippen LogP contribution >= 0.6 is 0 Å². The van der Waals surface area contributed by atoms with Gasteiger partial charge in [0.05, 0.1) is 6.54 Å². The molecule has 1 aliphatic heterocycles. The number of piperidine rings is 1. The maximum atomic E-state index is 11.6. The largest absolute Gasteiger partial charge is 0.479 e. The summed E-state index contributed by atoms with van der Waals surface area (Å²) in [6.45, 7) is 3.21. The van der Waals surface area contributed by atoms with Crippen LogP contribution < -0.4 is 5.32 Å². The molecule has 2 unspecified atom stereocenters. The molecular weight excluding hydrogens is 212 g/mol. The number of amides is 2. The van der Waals surface area contributed by atoms with Gasteiger partial charge in [-0.3, -0.25) is 0 Å². The van der Waals surface area contributed by atoms with E-state index in [1.807, 2.05) is 0 Å². The number of rotatable bonds is 3. The van der Waals surface area contributed by atoms with Crippen LogP contribution in [0.3, 0.4) is 0 Å². The number of likely N-dealkylation sites (tertiary alicyclic amines) is 1. The molecule has 1 aliphatic rings. The minimum Gasteiger partial charge on any atom is -0.479 e. The van der Waals surface area contributed by atoms with E-state index in [1.54, 1.807) is 4.90 Å². The summed E-state index contributed by atoms with van der Waals surface area (Å²) in [5.74, 6) is -0.851. The molecule has 2 amide bonds. The predicted molar refractivity (Wildman–Crippen MR) is 57.0 cm³/mol. The average Bonchev–Trinajstić information content (AvgIpc) is 2.25. The van der Waals surface area contributed by atoms with Crippen LogP contribution in [0, 0.1) is 5.92 Å². The Bertz CT molecular complexity index is 270. The second kappa shape index (κ2) is 5.69. The first-order valence-electron chi connectivity index (χ1n) is 5.44. The summed E-state index contributed by atoms with van der Waals surface area (Å²) >= 11 is 0. The zero-order chi connectivity index (χ0) is 12.1. The quantitative estimate of drug-likeness (QED) is 0.630. The monoisotopic (exact) mass is 230 g/mol. The topological polar surface area (TPSA) is 89.9 Å². The molecule has 0 saturated carbocycles. The number of carboxylic acid groups (broad SMARTS) is 1. The molecule has 0 radical (unpaired) electrons. The van der Waals surface area contributed by atoms with Gasteiger partial charge in [0.2, 0.25) is 0 Å². The van der Waals surface area contributed by atoms with Crippen LogP contribution in [0.25, 0.3) is 0 Å². The van der Waals surface area contributed by atoms with Gasteiger partial charge in [-0.05, 0) is 18.8 Å². The lowest BCUT2D eigenvalue weighted by atomic mass is 10.0. The number of nitrogens with zero attached hydrogens (tertiary/aromatic N) is 1. The minimum atomic E-state index is -1.54. The van der Waals surface area contributed by atoms with Crippen LogP contribution in [0.1, 0.15) is 19.8 Å². The van der Waals surface area contributed by atoms with Crippen molar-refractivity contribution in [3.05, 3.63) is 0 Å². The van der Waals surface area contributed by atoms with Crippen molar-refractivity contribution < 1.29 is 19.8 Å². The SMILES string of the molecule is CC1CCCN(C(=O)NCC(O)C(=O)O)C1. The van der Waals surface area contributed by atoms with E-state index in [1.165, 1.54) is 0 Å². The molecule has 2 atom stereocenters. The molecule has 6 heteroatoms. The molecule has 1 fully saturated rings. The Morgan fingerprint density at radius 2 is 2.25 bits per heavy atom. The molecule has 1 heterocycles. The van der Waals surface area contributed by atoms with Crippen molar-refractivity contribution >= 4 is 12.0 Å². The summed E-state index contributed by atoms with van der Waals surface area (Å²) in [5.41, 5.74) is 0. The number of hydrogen-bond donors (Lipinski definition) is 3. The second-order valence-corrected chi connectivity index (χ2v) is 4.23. The van der Waals surface area contributed by atoms with E-state index in [9.17, 15) is 9.59 Å². The molecule has 0 spiro atoms. The van der Waals surface area contributed by atoms with Gasteiger partial charge in [-0.15, -0.1) is 0 Å². The van der Waals surface area contributed by atoms with Gasteiger partial charge < -0.3 is 20.4 Å². The van der Waals surface area contributed by atoms with Gasteiger partial charge in [-0.25, -0.2) is 9.59 Å². The Morgan fingerprint density at radius 3 is 2.81 bits per heavy atom. The van der Waals surface area contributed by atoms with E-state index < -0.39 is 12.1 Å². The number of hydrogen-bond acceptors (Lipinski definition) is 3. The summed E-state index contributed by atoms with van der Waals surface area (Å²) in [6, 6.07) is -0.299. The zero-order valence-electron chi connectivity index (χ0n) is 9.35. The van der Waals surface area contributed by atoms with Crippen LogP contribution in [-0.2, 0) is 4.79 Å². The Hall–Kier alpha value is -1.30. The number of aliphatic carboxylic acids is 1. The highest BCUT2D eigenvalue weighted by atomic mass is 16.4. The third-order valence-electron chi connectivity index (χ3n) is 2.68. The molecular formula is C10H18N2O4. The fourth-order valence-corrected chi connectivity index (χ4v) is 1.76. The van der Waals surface area contributed by atoms with E-state index in [-0.39, 0.29) is 12.6 Å². The molecule has 0 aromatic rings. The van der Waals surface area contributed by atoms with Crippen molar-refractivity contribution in [2.45, 2.75) is 25.9 Å². The standard InChI is InChI=1S/C10H18N2O4/c1-7-3-2-4-12(6-7)10(16)11-5-8(13)9(14)15/h7-8,13H,2-6H2,1H3,(H,11,16)(H,14,15). The number of carbonyl (C=O) groups excluding carboxylic acids is 1. The number of urea groups is 1. The Morgan fingerprint density at radius 1 is 1.56 bits per heavy atom. The first kappa shape index (κ1) is 12.8. The lowest BCUT2D eigenvalue weighted by Crippen LogP contribution is -2.47. The molecule has 16 heavy (non-hydrogen) atoms. The molecule has 0 aliphatic carbocycles. The van der Waals surface area contributed by atoms with Gasteiger partial charge in [0.15, 0.2) is 6.10 Å². The van der Waals surface area contributed by atoms with Crippen LogP contribution in [0.5, 0.6) is 0 Å². The van der Waals surface area contributed by atoms with Crippen molar-refractivity contribution in [3.63, 3.8) is 0 Å². The van der Waals surface area contributed by atoms with Gasteiger partial charge in [0, 0.05) is 13.1 Å². The van der Waals surface area contributed by atoms with Gasteiger partial charge in [0.25, 0.3) is 0 Å². The summed E-state index contributed by atoms with van der Waals surface area (Å²) in [4.78, 5) is 23.6. The van der Waals surface area contributed by atoms with Crippen molar-refractivity contribution in [1.82, 2.24) is 10.2 Å². The van der Waals surface area contributed by atoms with Gasteiger partial charge in [-0.2, -0.15) is 0 Å². The number of aliphatic hydroxyl groups excluding tert-OH is 1. The van der Waals surface area contributed by atoms with Crippen LogP contribution in [0.4, 0.5) is 4.79 Å². The highest BCUT2D eigenvalue weighted by Gasteiger charge is 2.22. The predicted octanol–water partition coefficient (Wildman–Crippen LogP) is -0.127. The third kappa shape index (κ3) is 3.69. The Balaban J connectivity index is 2.31. The summed E-state index contributed by atoms with van der Waals surface area (Å²) in [6.07, 6.45) is 0.545. The molecule has 1 saturated heterocycles. The number of nitrogens with one attached hydrogen (secondary N) is 1. The van der Waals surface area contributed by atoms with Gasteiger partial charge in [0.1, 0.15) is 0 Å². The van der Waals surface area contributed by atoms with E-state index in [0.29, 0.717) is 19.0 Å². The Labute approximate surface area is 94.2 Å². The normalized spacial score (nSPS) is 22.6. The summed E-state index contributed by atoms with van der Waals surface area (Å²) in [5, 5.41) is 19.8. The lowest BCUT2D eigenvalue weighted by molar-refractivity contribution is -0.146. The highest BCUT2D eigenvalue weighted by Crippen LogP contribution is 2.15. The number of aliphatic hydroxyl groups is 1. The molecule has 0 aromatic heterocycles. The smallest absolute Gasteiger partial charge is 0.334 e. The highest BCUT2D eigenvalue weighted by molar-refractivity contribution is 5.76. The average molecular weight is 230 g/mol. The van der Waals surface area contributed by atoms with Crippen molar-refractivity contribution in [2.75, 3.05) is 19.6 Å². The molecule has 3 N–H and O–H groups in total. The third-order valence-corrected chi connectivity index (χ3v) is 2.68. The van der Waals surface area contributed by atoms with Crippen LogP contribution in [0.15, 0.2) is 0 Å². The fourth-order valence-electron chi connectivity index (χ4n) is 1.76. The maximum Gasteiger partial charge on any atom is 0.334 e. The maximum absolute atomic E-state index is 11.6. The van der Waals surface area contributed by atoms with E-state index >= 15 is 0 Å². The van der Waals surface area contributed by atoms with Gasteiger partial charge >= 0.3 is 12.0 Å². The van der Waals surface area contributed by atoms with Crippen molar-refractivity contribution in [3.8, 4) is 0 Å². The van der Waals surface area contributed by atoms with Crippen LogP contribution in [-0.4, -0.2) is 52.9 Å². The van der Waals surface area contributed by atoms with E-state index in [4.69, 9.17) is 10.2 Å². The minimum absolute atomic E-state index is 0.251. The van der Waals surface area contributed by atoms with Crippen LogP contribution in [0.2, 0.25) is 0 Å². The zero-order valence-corrected chi connectivity index (χ0v) is 9.35. The summed E-state index contributed by atoms with van der Waals surface area (Å²) < 4.78 is 0. The van der Waals surface area contributed by atoms with Crippen molar-refractivity contribution in [2.24, 2.45) is 5.92 Å². The molecule has 0 aromatic carbocycles. The van der Waals surface area contributed by atoms with Crippen molar-refractivity contribution in [1.29, 1.82) is 0 Å². The first-order chi connectivity index (χ1) is 7.50. The first-order valence-corrected chi connectivity index (χ1v) is 5.44. The second-order valence-electron chi connectivity index (χ2n) is 4.23. The Kier molecular flexibility index (Phi) is 4.54. The number of carboxylic acids is 1. The molecule has 1 rings (SSSR count). The molecule has 92 valence electrons. The number of carbonyl (C=O) groups is 2. The summed E-state index contributed by atoms with van der Waals surface area (Å²) in [7, 11) is 0. The van der Waals surface area contributed by atoms with E-state index in [2.05, 4.69) is 12.2 Å². The molecule has 0 bridgehead atoms. The molecule has 6 nitrogen and oxygen atoms in total. The van der Waals surface area contributed by atoms with E-state index in [0.717, 1.165) is 12.8 Å².